The van der Waals surface area contributed by atoms with Crippen LogP contribution in [0.5, 0.6) is 0 Å². The molecule has 0 heterocycles. The molecule has 2 fully saturated rings. The molecule has 0 aliphatic heterocycles. The van der Waals surface area contributed by atoms with Gasteiger partial charge in [0, 0.05) is 18.6 Å². The van der Waals surface area contributed by atoms with E-state index in [1.807, 2.05) is 0 Å². The van der Waals surface area contributed by atoms with Crippen LogP contribution in [0.2, 0.25) is 0 Å². The van der Waals surface area contributed by atoms with Crippen molar-refractivity contribution in [1.29, 1.82) is 0 Å². The van der Waals surface area contributed by atoms with Crippen LogP contribution in [0.1, 0.15) is 59.3 Å². The molecule has 0 radical (unpaired) electrons. The van der Waals surface area contributed by atoms with E-state index in [2.05, 4.69) is 26.1 Å². The Morgan fingerprint density at radius 2 is 1.94 bits per heavy atom. The van der Waals surface area contributed by atoms with Crippen molar-refractivity contribution in [3.8, 4) is 0 Å². The fourth-order valence-electron chi connectivity index (χ4n) is 3.47. The molecule has 0 spiro atoms. The van der Waals surface area contributed by atoms with E-state index in [1.165, 1.54) is 38.5 Å². The molecule has 2 aliphatic carbocycles. The van der Waals surface area contributed by atoms with Crippen LogP contribution in [0.3, 0.4) is 0 Å². The van der Waals surface area contributed by atoms with Crippen LogP contribution in [0.25, 0.3) is 0 Å². The summed E-state index contributed by atoms with van der Waals surface area (Å²) in [5, 5.41) is 3.77. The van der Waals surface area contributed by atoms with Crippen LogP contribution in [-0.2, 0) is 0 Å². The molecular weight excluding hydrogens is 196 g/mol. The van der Waals surface area contributed by atoms with Crippen LogP contribution in [0.15, 0.2) is 0 Å². The van der Waals surface area contributed by atoms with Crippen LogP contribution in [0.4, 0.5) is 0 Å². The third-order valence-electron chi connectivity index (χ3n) is 4.92. The maximum atomic E-state index is 6.21. The number of hydrogen-bond donors (Lipinski definition) is 2. The summed E-state index contributed by atoms with van der Waals surface area (Å²) in [7, 11) is 0. The van der Waals surface area contributed by atoms with E-state index in [1.54, 1.807) is 0 Å². The molecule has 0 saturated heterocycles. The normalized spacial score (nSPS) is 42.8. The molecule has 3 atom stereocenters. The first kappa shape index (κ1) is 12.4. The lowest BCUT2D eigenvalue weighted by molar-refractivity contribution is 0.259. The summed E-state index contributed by atoms with van der Waals surface area (Å²) in [5.41, 5.74) is 7.12. The first-order chi connectivity index (χ1) is 7.41. The van der Waals surface area contributed by atoms with Crippen molar-refractivity contribution in [1.82, 2.24) is 5.32 Å². The van der Waals surface area contributed by atoms with Crippen molar-refractivity contribution < 1.29 is 0 Å². The lowest BCUT2D eigenvalue weighted by Crippen LogP contribution is -2.45. The number of hydrogen-bond acceptors (Lipinski definition) is 2. The summed E-state index contributed by atoms with van der Waals surface area (Å²) in [6, 6.07) is 1.15. The minimum Gasteiger partial charge on any atom is -0.327 e. The maximum absolute atomic E-state index is 6.21. The van der Waals surface area contributed by atoms with E-state index >= 15 is 0 Å². The van der Waals surface area contributed by atoms with E-state index in [0.29, 0.717) is 16.9 Å². The van der Waals surface area contributed by atoms with Crippen molar-refractivity contribution in [3.05, 3.63) is 0 Å². The van der Waals surface area contributed by atoms with E-state index in [0.717, 1.165) is 12.6 Å². The second kappa shape index (κ2) is 4.30. The number of nitrogens with one attached hydrogen (secondary N) is 1. The summed E-state index contributed by atoms with van der Waals surface area (Å²) < 4.78 is 0. The Kier molecular flexibility index (Phi) is 3.33. The van der Waals surface area contributed by atoms with Gasteiger partial charge in [0.25, 0.3) is 0 Å². The first-order valence-corrected chi connectivity index (χ1v) is 6.90. The average Bonchev–Trinajstić information content (AvgIpc) is 2.69. The molecular formula is C14H28N2. The molecule has 94 valence electrons. The van der Waals surface area contributed by atoms with Gasteiger partial charge in [0.05, 0.1) is 0 Å². The molecule has 16 heavy (non-hydrogen) atoms. The van der Waals surface area contributed by atoms with Crippen LogP contribution >= 0.6 is 0 Å². The maximum Gasteiger partial charge on any atom is 0.0105 e. The quantitative estimate of drug-likeness (QED) is 0.773. The van der Waals surface area contributed by atoms with Gasteiger partial charge in [0.1, 0.15) is 0 Å². The summed E-state index contributed by atoms with van der Waals surface area (Å²) in [5.74, 6) is 0. The third-order valence-corrected chi connectivity index (χ3v) is 4.92. The van der Waals surface area contributed by atoms with E-state index in [4.69, 9.17) is 5.73 Å². The van der Waals surface area contributed by atoms with Crippen LogP contribution in [-0.4, -0.2) is 18.6 Å². The highest BCUT2D eigenvalue weighted by atomic mass is 14.9. The summed E-state index contributed by atoms with van der Waals surface area (Å²) in [4.78, 5) is 0. The Morgan fingerprint density at radius 1 is 1.19 bits per heavy atom. The van der Waals surface area contributed by atoms with Gasteiger partial charge in [-0.25, -0.2) is 0 Å². The van der Waals surface area contributed by atoms with Crippen molar-refractivity contribution in [2.24, 2.45) is 16.6 Å². The standard InChI is InChI=1S/C14H28N2/c1-13(2)8-6-11(9-13)16-10-14(3)7-4-5-12(14)15/h11-12,16H,4-10,15H2,1-3H3. The number of rotatable bonds is 3. The lowest BCUT2D eigenvalue weighted by Gasteiger charge is -2.31. The van der Waals surface area contributed by atoms with Crippen molar-refractivity contribution in [3.63, 3.8) is 0 Å². The van der Waals surface area contributed by atoms with E-state index in [-0.39, 0.29) is 0 Å². The molecule has 2 aliphatic rings. The number of nitrogens with two attached hydrogens (primary N) is 1. The molecule has 3 unspecified atom stereocenters. The van der Waals surface area contributed by atoms with Gasteiger partial charge in [-0.2, -0.15) is 0 Å². The summed E-state index contributed by atoms with van der Waals surface area (Å²) in [6.07, 6.45) is 7.88. The van der Waals surface area contributed by atoms with Crippen molar-refractivity contribution in [2.75, 3.05) is 6.54 Å². The largest absolute Gasteiger partial charge is 0.327 e. The smallest absolute Gasteiger partial charge is 0.0105 e. The Morgan fingerprint density at radius 3 is 2.44 bits per heavy atom. The zero-order valence-corrected chi connectivity index (χ0v) is 11.2. The van der Waals surface area contributed by atoms with Gasteiger partial charge in [-0.15, -0.1) is 0 Å². The predicted molar refractivity (Wildman–Crippen MR) is 69.4 cm³/mol. The van der Waals surface area contributed by atoms with Crippen LogP contribution in [0, 0.1) is 10.8 Å². The molecule has 2 saturated carbocycles. The molecule has 0 amide bonds. The van der Waals surface area contributed by atoms with Gasteiger partial charge in [-0.05, 0) is 42.9 Å². The van der Waals surface area contributed by atoms with E-state index < -0.39 is 0 Å². The van der Waals surface area contributed by atoms with Gasteiger partial charge >= 0.3 is 0 Å². The SMILES string of the molecule is CC1(C)CCC(NCC2(C)CCCC2N)C1. The minimum absolute atomic E-state index is 0.354. The Bertz CT molecular complexity index is 249. The highest BCUT2D eigenvalue weighted by Crippen LogP contribution is 2.39. The fourth-order valence-corrected chi connectivity index (χ4v) is 3.47. The zero-order chi connectivity index (χ0) is 11.8. The van der Waals surface area contributed by atoms with Gasteiger partial charge in [0.15, 0.2) is 0 Å². The Balaban J connectivity index is 1.80. The molecule has 0 aromatic rings. The third kappa shape index (κ3) is 2.60. The molecule has 2 rings (SSSR count). The topological polar surface area (TPSA) is 38.0 Å². The predicted octanol–water partition coefficient (Wildman–Crippen LogP) is 2.67. The zero-order valence-electron chi connectivity index (χ0n) is 11.2. The highest BCUT2D eigenvalue weighted by Gasteiger charge is 2.38. The van der Waals surface area contributed by atoms with E-state index in [9.17, 15) is 0 Å². The van der Waals surface area contributed by atoms with Crippen LogP contribution < -0.4 is 11.1 Å². The summed E-state index contributed by atoms with van der Waals surface area (Å²) in [6.45, 7) is 8.25. The van der Waals surface area contributed by atoms with Gasteiger partial charge in [-0.1, -0.05) is 27.2 Å². The minimum atomic E-state index is 0.354. The van der Waals surface area contributed by atoms with Crippen molar-refractivity contribution in [2.45, 2.75) is 71.4 Å². The molecule has 0 bridgehead atoms. The van der Waals surface area contributed by atoms with Gasteiger partial charge in [0.2, 0.25) is 0 Å². The molecule has 0 aromatic carbocycles. The Labute approximate surface area is 100 Å². The van der Waals surface area contributed by atoms with Crippen molar-refractivity contribution >= 4 is 0 Å². The van der Waals surface area contributed by atoms with Gasteiger partial charge < -0.3 is 11.1 Å². The van der Waals surface area contributed by atoms with Gasteiger partial charge in [-0.3, -0.25) is 0 Å². The molecule has 3 N–H and O–H groups in total. The monoisotopic (exact) mass is 224 g/mol. The molecule has 0 aromatic heterocycles. The fraction of sp³-hybridized carbons (Fsp3) is 1.00. The summed E-state index contributed by atoms with van der Waals surface area (Å²) >= 11 is 0. The first-order valence-electron chi connectivity index (χ1n) is 6.90. The second-order valence-electron chi connectivity index (χ2n) is 7.14. The Hall–Kier alpha value is -0.0800. The molecule has 2 nitrogen and oxygen atoms in total. The molecule has 2 heteroatoms. The average molecular weight is 224 g/mol. The lowest BCUT2D eigenvalue weighted by atomic mass is 9.85. The highest BCUT2D eigenvalue weighted by molar-refractivity contribution is 4.95. The second-order valence-corrected chi connectivity index (χ2v) is 7.14.